The predicted octanol–water partition coefficient (Wildman–Crippen LogP) is 3.72. The zero-order valence-electron chi connectivity index (χ0n) is 10.9. The fourth-order valence-electron chi connectivity index (χ4n) is 1.84. The lowest BCUT2D eigenvalue weighted by Gasteiger charge is -2.02. The molecule has 0 heterocycles. The molecule has 1 aromatic rings. The van der Waals surface area contributed by atoms with E-state index in [1.54, 1.807) is 19.3 Å². The molecule has 2 nitrogen and oxygen atoms in total. The number of carbonyl (C=O) groups is 1. The first-order valence-corrected chi connectivity index (χ1v) is 6.19. The molecule has 0 bridgehead atoms. The molecule has 96 valence electrons. The van der Waals surface area contributed by atoms with E-state index in [0.717, 1.165) is 23.3 Å². The van der Waals surface area contributed by atoms with Gasteiger partial charge in [0.05, 0.1) is 7.11 Å². The fourth-order valence-corrected chi connectivity index (χ4v) is 1.84. The minimum Gasteiger partial charge on any atom is -0.496 e. The molecule has 0 amide bonds. The molecule has 0 saturated carbocycles. The van der Waals surface area contributed by atoms with E-state index in [0.29, 0.717) is 0 Å². The third-order valence-electron chi connectivity index (χ3n) is 2.86. The molecule has 0 atom stereocenters. The number of para-hydroxylation sites is 1. The smallest absolute Gasteiger partial charge is 0.182 e. The van der Waals surface area contributed by atoms with E-state index in [9.17, 15) is 4.79 Å². The molecule has 19 heavy (non-hydrogen) atoms. The highest BCUT2D eigenvalue weighted by atomic mass is 16.5. The summed E-state index contributed by atoms with van der Waals surface area (Å²) >= 11 is 0. The first kappa shape index (κ1) is 13.1. The Hall–Kier alpha value is -2.35. The number of allylic oxidation sites excluding steroid dienone is 7. The molecular weight excluding hydrogens is 236 g/mol. The molecule has 2 heteroatoms. The molecule has 0 aromatic heterocycles. The third kappa shape index (κ3) is 3.55. The van der Waals surface area contributed by atoms with Crippen LogP contribution in [0.2, 0.25) is 0 Å². The normalized spacial score (nSPS) is 14.3. The number of hydrogen-bond donors (Lipinski definition) is 0. The van der Waals surface area contributed by atoms with Gasteiger partial charge in [-0.3, -0.25) is 4.79 Å². The molecule has 0 aliphatic heterocycles. The van der Waals surface area contributed by atoms with Crippen LogP contribution in [0.4, 0.5) is 0 Å². The highest BCUT2D eigenvalue weighted by Crippen LogP contribution is 2.18. The summed E-state index contributed by atoms with van der Waals surface area (Å²) in [5.74, 6) is 0.885. The molecule has 0 fully saturated rings. The summed E-state index contributed by atoms with van der Waals surface area (Å²) < 4.78 is 5.25. The lowest BCUT2D eigenvalue weighted by atomic mass is 10.1. The number of rotatable bonds is 5. The number of ether oxygens (including phenoxy) is 1. The maximum atomic E-state index is 11.7. The van der Waals surface area contributed by atoms with Crippen molar-refractivity contribution in [2.45, 2.75) is 6.42 Å². The lowest BCUT2D eigenvalue weighted by molar-refractivity contribution is -0.111. The second-order valence-electron chi connectivity index (χ2n) is 4.15. The summed E-state index contributed by atoms with van der Waals surface area (Å²) in [6.45, 7) is 0. The van der Waals surface area contributed by atoms with Crippen LogP contribution in [0.1, 0.15) is 12.0 Å². The Kier molecular flexibility index (Phi) is 4.51. The van der Waals surface area contributed by atoms with Crippen LogP contribution in [0.15, 0.2) is 66.3 Å². The molecule has 0 N–H and O–H groups in total. The van der Waals surface area contributed by atoms with Crippen molar-refractivity contribution in [3.05, 3.63) is 71.9 Å². The van der Waals surface area contributed by atoms with Crippen LogP contribution in [0.3, 0.4) is 0 Å². The van der Waals surface area contributed by atoms with Crippen molar-refractivity contribution < 1.29 is 9.53 Å². The van der Waals surface area contributed by atoms with E-state index in [-0.39, 0.29) is 5.78 Å². The summed E-state index contributed by atoms with van der Waals surface area (Å²) in [5.41, 5.74) is 1.82. The Labute approximate surface area is 113 Å². The number of carbonyl (C=O) groups excluding carboxylic acids is 1. The van der Waals surface area contributed by atoms with Gasteiger partial charge in [-0.25, -0.2) is 0 Å². The van der Waals surface area contributed by atoms with Crippen molar-refractivity contribution in [1.82, 2.24) is 0 Å². The highest BCUT2D eigenvalue weighted by molar-refractivity contribution is 6.04. The van der Waals surface area contributed by atoms with Crippen LogP contribution in [-0.2, 0) is 4.79 Å². The van der Waals surface area contributed by atoms with E-state index in [2.05, 4.69) is 0 Å². The molecule has 1 aliphatic carbocycles. The number of benzene rings is 1. The average Bonchev–Trinajstić information content (AvgIpc) is 2.98. The van der Waals surface area contributed by atoms with E-state index in [1.165, 1.54) is 0 Å². The molecule has 0 saturated heterocycles. The van der Waals surface area contributed by atoms with Crippen LogP contribution in [-0.4, -0.2) is 12.9 Å². The van der Waals surface area contributed by atoms with Gasteiger partial charge in [-0.1, -0.05) is 54.7 Å². The molecule has 1 aromatic carbocycles. The van der Waals surface area contributed by atoms with E-state index in [1.807, 2.05) is 54.6 Å². The Morgan fingerprint density at radius 2 is 2.11 bits per heavy atom. The Balaban J connectivity index is 1.98. The molecule has 2 rings (SSSR count). The fraction of sp³-hybridized carbons (Fsp3) is 0.118. The number of hydrogen-bond acceptors (Lipinski definition) is 2. The van der Waals surface area contributed by atoms with Gasteiger partial charge < -0.3 is 4.74 Å². The first-order valence-electron chi connectivity index (χ1n) is 6.19. The zero-order chi connectivity index (χ0) is 13.5. The predicted molar refractivity (Wildman–Crippen MR) is 78.0 cm³/mol. The second kappa shape index (κ2) is 6.55. The largest absolute Gasteiger partial charge is 0.496 e. The van der Waals surface area contributed by atoms with Crippen LogP contribution in [0.25, 0.3) is 6.08 Å². The highest BCUT2D eigenvalue weighted by Gasteiger charge is 2.05. The zero-order valence-corrected chi connectivity index (χ0v) is 10.9. The van der Waals surface area contributed by atoms with E-state index in [4.69, 9.17) is 4.74 Å². The minimum absolute atomic E-state index is 0.0645. The lowest BCUT2D eigenvalue weighted by Crippen LogP contribution is -1.94. The van der Waals surface area contributed by atoms with Gasteiger partial charge in [-0.15, -0.1) is 0 Å². The van der Waals surface area contributed by atoms with Gasteiger partial charge in [0.25, 0.3) is 0 Å². The maximum Gasteiger partial charge on any atom is 0.182 e. The van der Waals surface area contributed by atoms with Crippen molar-refractivity contribution in [2.24, 2.45) is 0 Å². The maximum absolute atomic E-state index is 11.7. The summed E-state index contributed by atoms with van der Waals surface area (Å²) in [4.78, 5) is 11.7. The Morgan fingerprint density at radius 3 is 2.84 bits per heavy atom. The first-order chi connectivity index (χ1) is 9.31. The van der Waals surface area contributed by atoms with Gasteiger partial charge in [-0.2, -0.15) is 0 Å². The Bertz CT molecular complexity index is 575. The van der Waals surface area contributed by atoms with Crippen molar-refractivity contribution in [2.75, 3.05) is 7.11 Å². The van der Waals surface area contributed by atoms with Gasteiger partial charge in [-0.05, 0) is 18.6 Å². The van der Waals surface area contributed by atoms with Crippen molar-refractivity contribution in [3.63, 3.8) is 0 Å². The van der Waals surface area contributed by atoms with Crippen LogP contribution in [0.5, 0.6) is 5.75 Å². The quantitative estimate of drug-likeness (QED) is 0.589. The molecule has 0 unspecified atom stereocenters. The summed E-state index contributed by atoms with van der Waals surface area (Å²) in [5, 5.41) is 0. The molecule has 1 aliphatic rings. The molecular formula is C17H16O2. The minimum atomic E-state index is 0.0645. The van der Waals surface area contributed by atoms with Gasteiger partial charge in [0.15, 0.2) is 5.78 Å². The van der Waals surface area contributed by atoms with Crippen molar-refractivity contribution in [1.29, 1.82) is 0 Å². The van der Waals surface area contributed by atoms with Gasteiger partial charge >= 0.3 is 0 Å². The summed E-state index contributed by atoms with van der Waals surface area (Å²) in [6, 6.07) is 7.75. The van der Waals surface area contributed by atoms with Crippen LogP contribution >= 0.6 is 0 Å². The number of methoxy groups -OCH3 is 1. The van der Waals surface area contributed by atoms with Gasteiger partial charge in [0.1, 0.15) is 5.75 Å². The molecule has 0 spiro atoms. The van der Waals surface area contributed by atoms with Crippen molar-refractivity contribution in [3.8, 4) is 5.75 Å². The van der Waals surface area contributed by atoms with Crippen LogP contribution < -0.4 is 4.74 Å². The van der Waals surface area contributed by atoms with Crippen molar-refractivity contribution >= 4 is 11.9 Å². The Morgan fingerprint density at radius 1 is 1.26 bits per heavy atom. The van der Waals surface area contributed by atoms with Crippen LogP contribution in [0, 0.1) is 0 Å². The monoisotopic (exact) mass is 252 g/mol. The standard InChI is InChI=1S/C17H16O2/c1-19-17-13-7-5-11-15(17)10-4-6-12-16(18)14-8-2-3-9-14/h2-8,10-13H,9H2,1H3/b10-4+,12-6+. The SMILES string of the molecule is COc1ccccc1/C=C/C=C/C(=O)C1=CC=CC1. The average molecular weight is 252 g/mol. The summed E-state index contributed by atoms with van der Waals surface area (Å²) in [7, 11) is 1.64. The van der Waals surface area contributed by atoms with Gasteiger partial charge in [0.2, 0.25) is 0 Å². The second-order valence-corrected chi connectivity index (χ2v) is 4.15. The topological polar surface area (TPSA) is 26.3 Å². The summed E-state index contributed by atoms with van der Waals surface area (Å²) in [6.07, 6.45) is 13.6. The van der Waals surface area contributed by atoms with Gasteiger partial charge in [0, 0.05) is 11.1 Å². The van der Waals surface area contributed by atoms with E-state index < -0.39 is 0 Å². The third-order valence-corrected chi connectivity index (χ3v) is 2.86. The number of ketones is 1. The van der Waals surface area contributed by atoms with E-state index >= 15 is 0 Å². The molecule has 0 radical (unpaired) electrons.